The molecule has 0 atom stereocenters. The van der Waals surface area contributed by atoms with Crippen molar-refractivity contribution in [2.75, 3.05) is 13.7 Å². The molecule has 0 aliphatic rings. The van der Waals surface area contributed by atoms with Gasteiger partial charge >= 0.3 is 0 Å². The highest BCUT2D eigenvalue weighted by atomic mass is 16.5. The van der Waals surface area contributed by atoms with Crippen molar-refractivity contribution in [1.29, 1.82) is 0 Å². The second kappa shape index (κ2) is 8.08. The van der Waals surface area contributed by atoms with Gasteiger partial charge in [-0.3, -0.25) is 4.79 Å². The molecular formula is C22H25N3O2. The van der Waals surface area contributed by atoms with Crippen molar-refractivity contribution >= 4 is 5.91 Å². The van der Waals surface area contributed by atoms with E-state index in [9.17, 15) is 4.79 Å². The molecule has 0 radical (unpaired) electrons. The molecule has 27 heavy (non-hydrogen) atoms. The predicted molar refractivity (Wildman–Crippen MR) is 108 cm³/mol. The van der Waals surface area contributed by atoms with Crippen molar-refractivity contribution in [3.05, 3.63) is 65.4 Å². The van der Waals surface area contributed by atoms with Crippen molar-refractivity contribution < 1.29 is 9.53 Å². The molecule has 3 aromatic rings. The van der Waals surface area contributed by atoms with Crippen LogP contribution in [0.25, 0.3) is 16.9 Å². The quantitative estimate of drug-likeness (QED) is 0.710. The summed E-state index contributed by atoms with van der Waals surface area (Å²) >= 11 is 0. The zero-order valence-corrected chi connectivity index (χ0v) is 16.2. The Bertz CT molecular complexity index is 960. The Morgan fingerprint density at radius 3 is 2.70 bits per heavy atom. The summed E-state index contributed by atoms with van der Waals surface area (Å²) < 4.78 is 7.06. The van der Waals surface area contributed by atoms with E-state index in [-0.39, 0.29) is 5.91 Å². The van der Waals surface area contributed by atoms with Gasteiger partial charge in [-0.05, 0) is 55.7 Å². The van der Waals surface area contributed by atoms with E-state index in [1.54, 1.807) is 11.8 Å². The van der Waals surface area contributed by atoms with Gasteiger partial charge in [-0.15, -0.1) is 0 Å². The average molecular weight is 363 g/mol. The number of hydrogen-bond donors (Lipinski definition) is 1. The highest BCUT2D eigenvalue weighted by Crippen LogP contribution is 2.26. The summed E-state index contributed by atoms with van der Waals surface area (Å²) in [6.07, 6.45) is 0.881. The lowest BCUT2D eigenvalue weighted by Gasteiger charge is -2.11. The van der Waals surface area contributed by atoms with Crippen molar-refractivity contribution in [3.63, 3.8) is 0 Å². The van der Waals surface area contributed by atoms with Gasteiger partial charge in [0.1, 0.15) is 11.4 Å². The average Bonchev–Trinajstić information content (AvgIpc) is 3.13. The van der Waals surface area contributed by atoms with Crippen LogP contribution in [0.2, 0.25) is 0 Å². The van der Waals surface area contributed by atoms with Crippen LogP contribution in [-0.4, -0.2) is 29.3 Å². The van der Waals surface area contributed by atoms with E-state index in [1.165, 1.54) is 0 Å². The molecule has 1 aromatic heterocycles. The Labute approximate surface area is 160 Å². The number of aromatic nitrogens is 2. The summed E-state index contributed by atoms with van der Waals surface area (Å²) in [5.74, 6) is 0.630. The van der Waals surface area contributed by atoms with E-state index in [2.05, 4.69) is 11.4 Å². The number of nitrogens with one attached hydrogen (secondary N) is 1. The summed E-state index contributed by atoms with van der Waals surface area (Å²) in [4.78, 5) is 12.8. The largest absolute Gasteiger partial charge is 0.497 e. The number of rotatable bonds is 6. The van der Waals surface area contributed by atoms with Gasteiger partial charge in [-0.25, -0.2) is 4.68 Å². The minimum Gasteiger partial charge on any atom is -0.497 e. The number of carbonyl (C=O) groups excluding carboxylic acids is 1. The normalized spacial score (nSPS) is 10.7. The third kappa shape index (κ3) is 4.03. The first-order valence-corrected chi connectivity index (χ1v) is 9.13. The second-order valence-electron chi connectivity index (χ2n) is 6.60. The maximum Gasteiger partial charge on any atom is 0.270 e. The maximum absolute atomic E-state index is 12.8. The van der Waals surface area contributed by atoms with E-state index in [0.717, 1.165) is 40.2 Å². The number of ether oxygens (including phenoxy) is 1. The molecule has 1 amide bonds. The number of carbonyl (C=O) groups is 1. The molecule has 0 aliphatic heterocycles. The van der Waals surface area contributed by atoms with Gasteiger partial charge in [0.15, 0.2) is 0 Å². The van der Waals surface area contributed by atoms with Gasteiger partial charge in [0, 0.05) is 12.1 Å². The van der Waals surface area contributed by atoms with Crippen LogP contribution in [0.5, 0.6) is 5.75 Å². The molecule has 1 heterocycles. The fraction of sp³-hybridized carbons (Fsp3) is 0.273. The molecule has 0 unspecified atom stereocenters. The molecular weight excluding hydrogens is 338 g/mol. The van der Waals surface area contributed by atoms with Gasteiger partial charge in [-0.1, -0.05) is 31.2 Å². The molecule has 5 nitrogen and oxygen atoms in total. The number of nitrogens with zero attached hydrogens (tertiary/aromatic N) is 2. The molecule has 1 N–H and O–H groups in total. The summed E-state index contributed by atoms with van der Waals surface area (Å²) in [6, 6.07) is 15.7. The zero-order valence-electron chi connectivity index (χ0n) is 16.2. The highest BCUT2D eigenvalue weighted by molar-refractivity contribution is 5.94. The Morgan fingerprint density at radius 1 is 1.15 bits per heavy atom. The summed E-state index contributed by atoms with van der Waals surface area (Å²) in [6.45, 7) is 6.72. The van der Waals surface area contributed by atoms with Crippen LogP contribution in [0.3, 0.4) is 0 Å². The van der Waals surface area contributed by atoms with Crippen LogP contribution in [-0.2, 0) is 0 Å². The Balaban J connectivity index is 2.13. The second-order valence-corrected chi connectivity index (χ2v) is 6.60. The topological polar surface area (TPSA) is 56.1 Å². The molecule has 0 aliphatic carbocycles. The van der Waals surface area contributed by atoms with Gasteiger partial charge in [0.05, 0.1) is 18.5 Å². The van der Waals surface area contributed by atoms with E-state index < -0.39 is 0 Å². The summed E-state index contributed by atoms with van der Waals surface area (Å²) in [5.41, 5.74) is 5.25. The Morgan fingerprint density at radius 2 is 1.96 bits per heavy atom. The SMILES string of the molecule is CCCNC(=O)c1cc(-c2cccc(OC)c2)nn1-c1cc(C)ccc1C. The lowest BCUT2D eigenvalue weighted by molar-refractivity contribution is 0.0946. The first-order valence-electron chi connectivity index (χ1n) is 9.13. The number of amides is 1. The molecule has 0 bridgehead atoms. The Kier molecular flexibility index (Phi) is 5.60. The van der Waals surface area contributed by atoms with Crippen molar-refractivity contribution in [3.8, 4) is 22.7 Å². The van der Waals surface area contributed by atoms with Crippen LogP contribution >= 0.6 is 0 Å². The van der Waals surface area contributed by atoms with Crippen molar-refractivity contribution in [2.45, 2.75) is 27.2 Å². The van der Waals surface area contributed by atoms with Crippen LogP contribution < -0.4 is 10.1 Å². The van der Waals surface area contributed by atoms with Crippen molar-refractivity contribution in [1.82, 2.24) is 15.1 Å². The van der Waals surface area contributed by atoms with Crippen LogP contribution in [0, 0.1) is 13.8 Å². The predicted octanol–water partition coefficient (Wildman–Crippen LogP) is 4.30. The fourth-order valence-corrected chi connectivity index (χ4v) is 2.93. The van der Waals surface area contributed by atoms with Crippen LogP contribution in [0.1, 0.15) is 35.0 Å². The minimum atomic E-state index is -0.126. The monoisotopic (exact) mass is 363 g/mol. The van der Waals surface area contributed by atoms with E-state index >= 15 is 0 Å². The molecule has 0 spiro atoms. The third-order valence-electron chi connectivity index (χ3n) is 4.44. The van der Waals surface area contributed by atoms with Crippen LogP contribution in [0.4, 0.5) is 0 Å². The number of benzene rings is 2. The number of methoxy groups -OCH3 is 1. The smallest absolute Gasteiger partial charge is 0.270 e. The van der Waals surface area contributed by atoms with Gasteiger partial charge < -0.3 is 10.1 Å². The molecule has 2 aromatic carbocycles. The first kappa shape index (κ1) is 18.7. The van der Waals surface area contributed by atoms with Gasteiger partial charge in [-0.2, -0.15) is 5.10 Å². The van der Waals surface area contributed by atoms with E-state index in [0.29, 0.717) is 12.2 Å². The summed E-state index contributed by atoms with van der Waals surface area (Å²) in [5, 5.41) is 7.71. The maximum atomic E-state index is 12.8. The van der Waals surface area contributed by atoms with Crippen LogP contribution in [0.15, 0.2) is 48.5 Å². The lowest BCUT2D eigenvalue weighted by Crippen LogP contribution is -2.26. The fourth-order valence-electron chi connectivity index (χ4n) is 2.93. The first-order chi connectivity index (χ1) is 13.0. The number of aryl methyl sites for hydroxylation is 2. The van der Waals surface area contributed by atoms with Gasteiger partial charge in [0.2, 0.25) is 0 Å². The number of hydrogen-bond acceptors (Lipinski definition) is 3. The molecule has 0 fully saturated rings. The molecule has 3 rings (SSSR count). The minimum absolute atomic E-state index is 0.126. The third-order valence-corrected chi connectivity index (χ3v) is 4.44. The lowest BCUT2D eigenvalue weighted by atomic mass is 10.1. The van der Waals surface area contributed by atoms with E-state index in [4.69, 9.17) is 9.84 Å². The summed E-state index contributed by atoms with van der Waals surface area (Å²) in [7, 11) is 1.64. The zero-order chi connectivity index (χ0) is 19.4. The standard InChI is InChI=1S/C22H25N3O2/c1-5-11-23-22(26)21-14-19(17-7-6-8-18(13-17)27-4)24-25(21)20-12-15(2)9-10-16(20)3/h6-10,12-14H,5,11H2,1-4H3,(H,23,26). The highest BCUT2D eigenvalue weighted by Gasteiger charge is 2.18. The van der Waals surface area contributed by atoms with Gasteiger partial charge in [0.25, 0.3) is 5.91 Å². The molecule has 5 heteroatoms. The molecule has 0 saturated heterocycles. The molecule has 0 saturated carbocycles. The van der Waals surface area contributed by atoms with Crippen molar-refractivity contribution in [2.24, 2.45) is 0 Å². The van der Waals surface area contributed by atoms with E-state index in [1.807, 2.05) is 63.2 Å². The Hall–Kier alpha value is -3.08. The molecule has 140 valence electrons.